The highest BCUT2D eigenvalue weighted by Crippen LogP contribution is 2.29. The van der Waals surface area contributed by atoms with Gasteiger partial charge < -0.3 is 9.80 Å². The van der Waals surface area contributed by atoms with Crippen LogP contribution in [0.1, 0.15) is 12.8 Å². The summed E-state index contributed by atoms with van der Waals surface area (Å²) in [4.78, 5) is 26.7. The Morgan fingerprint density at radius 3 is 2.57 bits per heavy atom. The molecule has 148 valence electrons. The first-order valence-electron chi connectivity index (χ1n) is 9.93. The number of piperidine rings is 1. The molecule has 2 fully saturated rings. The van der Waals surface area contributed by atoms with Gasteiger partial charge in [-0.3, -0.25) is 15.0 Å². The third-order valence-electron chi connectivity index (χ3n) is 5.64. The zero-order valence-electron chi connectivity index (χ0n) is 16.0. The summed E-state index contributed by atoms with van der Waals surface area (Å²) < 4.78 is 0. The molecule has 2 aromatic rings. The number of piperazine rings is 1. The maximum Gasteiger partial charge on any atom is 0.311 e. The van der Waals surface area contributed by atoms with Crippen LogP contribution in [0, 0.1) is 16.0 Å². The van der Waals surface area contributed by atoms with Gasteiger partial charge in [-0.05, 0) is 37.0 Å². The molecular weight excluding hydrogens is 356 g/mol. The van der Waals surface area contributed by atoms with Crippen LogP contribution < -0.4 is 9.80 Å². The first-order valence-corrected chi connectivity index (χ1v) is 9.93. The number of hydrogen-bond donors (Lipinski definition) is 0. The van der Waals surface area contributed by atoms with Crippen molar-refractivity contribution in [1.29, 1.82) is 0 Å². The van der Waals surface area contributed by atoms with E-state index in [0.717, 1.165) is 64.5 Å². The smallest absolute Gasteiger partial charge is 0.311 e. The first kappa shape index (κ1) is 18.6. The average molecular weight is 382 g/mol. The minimum atomic E-state index is -0.331. The molecule has 0 amide bonds. The van der Waals surface area contributed by atoms with Gasteiger partial charge in [0, 0.05) is 64.3 Å². The monoisotopic (exact) mass is 382 g/mol. The number of aromatic nitrogens is 2. The lowest BCUT2D eigenvalue weighted by atomic mass is 9.97. The molecule has 1 unspecified atom stereocenters. The SMILES string of the molecule is O=[N+]([O-])c1cccnc1N1CCCC(CN2CCN(c3ccccn3)CC2)C1. The van der Waals surface area contributed by atoms with Crippen LogP contribution in [-0.2, 0) is 0 Å². The van der Waals surface area contributed by atoms with Crippen molar-refractivity contribution in [1.82, 2.24) is 14.9 Å². The average Bonchev–Trinajstić information content (AvgIpc) is 2.75. The van der Waals surface area contributed by atoms with E-state index in [4.69, 9.17) is 0 Å². The van der Waals surface area contributed by atoms with E-state index in [1.54, 1.807) is 18.3 Å². The number of anilines is 2. The summed E-state index contributed by atoms with van der Waals surface area (Å²) in [5.41, 5.74) is 0.104. The third-order valence-corrected chi connectivity index (χ3v) is 5.64. The van der Waals surface area contributed by atoms with E-state index in [9.17, 15) is 10.1 Å². The van der Waals surface area contributed by atoms with E-state index in [1.807, 2.05) is 18.3 Å². The van der Waals surface area contributed by atoms with Gasteiger partial charge in [0.05, 0.1) is 4.92 Å². The molecule has 1 atom stereocenters. The van der Waals surface area contributed by atoms with Gasteiger partial charge >= 0.3 is 5.69 Å². The van der Waals surface area contributed by atoms with E-state index in [1.165, 1.54) is 0 Å². The van der Waals surface area contributed by atoms with Crippen LogP contribution in [-0.4, -0.2) is 65.6 Å². The molecule has 0 spiro atoms. The summed E-state index contributed by atoms with van der Waals surface area (Å²) >= 11 is 0. The highest BCUT2D eigenvalue weighted by Gasteiger charge is 2.28. The molecule has 2 aromatic heterocycles. The van der Waals surface area contributed by atoms with Crippen molar-refractivity contribution in [2.24, 2.45) is 5.92 Å². The van der Waals surface area contributed by atoms with Crippen LogP contribution in [0.4, 0.5) is 17.3 Å². The second-order valence-electron chi connectivity index (χ2n) is 7.53. The maximum absolute atomic E-state index is 11.3. The molecule has 0 aliphatic carbocycles. The quantitative estimate of drug-likeness (QED) is 0.580. The van der Waals surface area contributed by atoms with Crippen molar-refractivity contribution in [3.8, 4) is 0 Å². The topological polar surface area (TPSA) is 78.6 Å². The van der Waals surface area contributed by atoms with Crippen molar-refractivity contribution >= 4 is 17.3 Å². The second-order valence-corrected chi connectivity index (χ2v) is 7.53. The summed E-state index contributed by atoms with van der Waals surface area (Å²) in [6, 6.07) is 9.21. The largest absolute Gasteiger partial charge is 0.354 e. The van der Waals surface area contributed by atoms with Crippen molar-refractivity contribution in [2.75, 3.05) is 55.6 Å². The minimum Gasteiger partial charge on any atom is -0.354 e. The molecule has 0 N–H and O–H groups in total. The molecule has 0 saturated carbocycles. The zero-order valence-corrected chi connectivity index (χ0v) is 16.0. The first-order chi connectivity index (χ1) is 13.7. The van der Waals surface area contributed by atoms with Crippen LogP contribution in [0.25, 0.3) is 0 Å². The fraction of sp³-hybridized carbons (Fsp3) is 0.500. The van der Waals surface area contributed by atoms with Crippen LogP contribution in [0.3, 0.4) is 0 Å². The summed E-state index contributed by atoms with van der Waals surface area (Å²) in [7, 11) is 0. The molecule has 28 heavy (non-hydrogen) atoms. The molecule has 2 saturated heterocycles. The standard InChI is InChI=1S/C20H26N6O2/c27-26(28)18-6-3-9-22-20(18)25-10-4-5-17(16-25)15-23-11-13-24(14-12-23)19-7-1-2-8-21-19/h1-3,6-9,17H,4-5,10-16H2. The van der Waals surface area contributed by atoms with Crippen LogP contribution in [0.15, 0.2) is 42.7 Å². The van der Waals surface area contributed by atoms with Crippen LogP contribution in [0.5, 0.6) is 0 Å². The number of pyridine rings is 2. The van der Waals surface area contributed by atoms with Crippen LogP contribution >= 0.6 is 0 Å². The molecule has 4 rings (SSSR count). The number of nitro groups is 1. The Hall–Kier alpha value is -2.74. The molecule has 2 aliphatic heterocycles. The van der Waals surface area contributed by atoms with E-state index < -0.39 is 0 Å². The van der Waals surface area contributed by atoms with Gasteiger partial charge in [0.2, 0.25) is 5.82 Å². The molecule has 8 heteroatoms. The zero-order chi connectivity index (χ0) is 19.3. The molecule has 0 aromatic carbocycles. The lowest BCUT2D eigenvalue weighted by molar-refractivity contribution is -0.384. The van der Waals surface area contributed by atoms with Crippen molar-refractivity contribution < 1.29 is 4.92 Å². The molecule has 0 bridgehead atoms. The van der Waals surface area contributed by atoms with Gasteiger partial charge in [-0.15, -0.1) is 0 Å². The van der Waals surface area contributed by atoms with E-state index in [2.05, 4.69) is 30.7 Å². The Labute approximate surface area is 164 Å². The van der Waals surface area contributed by atoms with Gasteiger partial charge in [0.1, 0.15) is 5.82 Å². The lowest BCUT2D eigenvalue weighted by Crippen LogP contribution is -2.50. The highest BCUT2D eigenvalue weighted by atomic mass is 16.6. The van der Waals surface area contributed by atoms with Crippen molar-refractivity contribution in [3.05, 3.63) is 52.8 Å². The molecular formula is C20H26N6O2. The Balaban J connectivity index is 1.33. The van der Waals surface area contributed by atoms with E-state index in [0.29, 0.717) is 11.7 Å². The normalized spacial score (nSPS) is 20.9. The van der Waals surface area contributed by atoms with Crippen LogP contribution in [0.2, 0.25) is 0 Å². The third kappa shape index (κ3) is 4.22. The molecule has 4 heterocycles. The Morgan fingerprint density at radius 1 is 1.00 bits per heavy atom. The second kappa shape index (κ2) is 8.52. The molecule has 2 aliphatic rings. The fourth-order valence-electron chi connectivity index (χ4n) is 4.25. The summed E-state index contributed by atoms with van der Waals surface area (Å²) in [5.74, 6) is 2.07. The van der Waals surface area contributed by atoms with Gasteiger partial charge in [-0.2, -0.15) is 0 Å². The molecule has 0 radical (unpaired) electrons. The highest BCUT2D eigenvalue weighted by molar-refractivity contribution is 5.57. The van der Waals surface area contributed by atoms with Crippen molar-refractivity contribution in [3.63, 3.8) is 0 Å². The summed E-state index contributed by atoms with van der Waals surface area (Å²) in [6.07, 6.45) is 5.70. The predicted octanol–water partition coefficient (Wildman–Crippen LogP) is 2.42. The predicted molar refractivity (Wildman–Crippen MR) is 109 cm³/mol. The number of rotatable bonds is 5. The van der Waals surface area contributed by atoms with Gasteiger partial charge in [-0.1, -0.05) is 6.07 Å². The van der Waals surface area contributed by atoms with Gasteiger partial charge in [-0.25, -0.2) is 9.97 Å². The Morgan fingerprint density at radius 2 is 1.82 bits per heavy atom. The maximum atomic E-state index is 11.3. The Bertz CT molecular complexity index is 794. The summed E-state index contributed by atoms with van der Waals surface area (Å²) in [5, 5.41) is 11.3. The molecule has 8 nitrogen and oxygen atoms in total. The van der Waals surface area contributed by atoms with Gasteiger partial charge in [0.15, 0.2) is 0 Å². The summed E-state index contributed by atoms with van der Waals surface area (Å²) in [6.45, 7) is 6.72. The number of hydrogen-bond acceptors (Lipinski definition) is 7. The number of nitrogens with zero attached hydrogens (tertiary/aromatic N) is 6. The van der Waals surface area contributed by atoms with E-state index >= 15 is 0 Å². The fourth-order valence-corrected chi connectivity index (χ4v) is 4.25. The lowest BCUT2D eigenvalue weighted by Gasteiger charge is -2.39. The van der Waals surface area contributed by atoms with Crippen molar-refractivity contribution in [2.45, 2.75) is 12.8 Å². The van der Waals surface area contributed by atoms with Gasteiger partial charge in [0.25, 0.3) is 0 Å². The van der Waals surface area contributed by atoms with E-state index in [-0.39, 0.29) is 10.6 Å². The Kier molecular flexibility index (Phi) is 5.66. The minimum absolute atomic E-state index is 0.104.